The lowest BCUT2D eigenvalue weighted by molar-refractivity contribution is 0.367. The van der Waals surface area contributed by atoms with Crippen LogP contribution in [0.5, 0.6) is 23.0 Å². The van der Waals surface area contributed by atoms with Crippen molar-refractivity contribution in [2.24, 2.45) is 0 Å². The molecule has 0 N–H and O–H groups in total. The highest BCUT2D eigenvalue weighted by atomic mass is 16.6. The first-order valence-electron chi connectivity index (χ1n) is 16.3. The molecule has 9 aromatic carbocycles. The minimum absolute atomic E-state index is 0.726. The average molecular weight is 613 g/mol. The largest absolute Gasteiger partial charge is 0.449 e. The Morgan fingerprint density at radius 2 is 0.771 bits per heavy atom. The Balaban J connectivity index is 1.13. The number of hydrogen-bond donors (Lipinski definition) is 0. The smallest absolute Gasteiger partial charge is 0.178 e. The van der Waals surface area contributed by atoms with Crippen molar-refractivity contribution in [2.75, 3.05) is 0 Å². The van der Waals surface area contributed by atoms with Crippen LogP contribution in [0, 0.1) is 0 Å². The van der Waals surface area contributed by atoms with Crippen LogP contribution in [-0.4, -0.2) is 0 Å². The fourth-order valence-corrected chi connectivity index (χ4v) is 7.54. The zero-order chi connectivity index (χ0) is 31.6. The highest BCUT2D eigenvalue weighted by molar-refractivity contribution is 6.21. The molecule has 0 aromatic heterocycles. The van der Waals surface area contributed by atoms with Crippen LogP contribution in [0.4, 0.5) is 0 Å². The molecule has 0 amide bonds. The summed E-state index contributed by atoms with van der Waals surface area (Å²) in [7, 11) is 0. The summed E-state index contributed by atoms with van der Waals surface area (Å²) in [6.07, 6.45) is 0. The molecular formula is C46H28O2. The average Bonchev–Trinajstić information content (AvgIpc) is 3.16. The summed E-state index contributed by atoms with van der Waals surface area (Å²) in [5, 5.41) is 9.33. The van der Waals surface area contributed by atoms with E-state index < -0.39 is 0 Å². The van der Waals surface area contributed by atoms with Crippen LogP contribution >= 0.6 is 0 Å². The lowest BCUT2D eigenvalue weighted by atomic mass is 9.85. The molecule has 9 aromatic rings. The SMILES string of the molecule is c1ccc(-c2c3ccccc3c(-c3ccc(-c4cc5c(c6ccccc46)Oc4c(ccc6ccccc46)O5)cc3)c3ccccc23)cc1. The molecule has 224 valence electrons. The maximum absolute atomic E-state index is 6.67. The van der Waals surface area contributed by atoms with Crippen LogP contribution in [0.1, 0.15) is 0 Å². The van der Waals surface area contributed by atoms with Crippen LogP contribution in [0.3, 0.4) is 0 Å². The summed E-state index contributed by atoms with van der Waals surface area (Å²) >= 11 is 0. The van der Waals surface area contributed by atoms with Crippen LogP contribution in [0.15, 0.2) is 170 Å². The third-order valence-electron chi connectivity index (χ3n) is 9.71. The molecule has 48 heavy (non-hydrogen) atoms. The first-order chi connectivity index (χ1) is 23.8. The number of benzene rings is 9. The van der Waals surface area contributed by atoms with Gasteiger partial charge in [-0.05, 0) is 77.8 Å². The standard InChI is InChI=1S/C46H28O2/c1-2-13-31(14-3-1)43-35-17-7-9-19-37(35)44(38-20-10-8-18-36(38)43)32-24-22-30(23-25-32)40-28-42-46(39-21-11-6-16-34(39)40)48-45-33-15-5-4-12-29(33)26-27-41(45)47-42/h1-28H. The van der Waals surface area contributed by atoms with Gasteiger partial charge in [-0.3, -0.25) is 0 Å². The van der Waals surface area contributed by atoms with Crippen LogP contribution in [0.2, 0.25) is 0 Å². The molecule has 1 aliphatic heterocycles. The normalized spacial score (nSPS) is 12.1. The monoisotopic (exact) mass is 612 g/mol. The molecule has 0 unspecified atom stereocenters. The van der Waals surface area contributed by atoms with E-state index in [-0.39, 0.29) is 0 Å². The fourth-order valence-electron chi connectivity index (χ4n) is 7.54. The molecule has 1 heterocycles. The van der Waals surface area contributed by atoms with Gasteiger partial charge >= 0.3 is 0 Å². The van der Waals surface area contributed by atoms with Crippen molar-refractivity contribution >= 4 is 43.1 Å². The van der Waals surface area contributed by atoms with E-state index in [4.69, 9.17) is 9.47 Å². The summed E-state index contributed by atoms with van der Waals surface area (Å²) in [5.41, 5.74) is 7.18. The van der Waals surface area contributed by atoms with Gasteiger partial charge in [0, 0.05) is 10.8 Å². The zero-order valence-corrected chi connectivity index (χ0v) is 26.0. The van der Waals surface area contributed by atoms with Crippen molar-refractivity contribution in [2.45, 2.75) is 0 Å². The minimum Gasteiger partial charge on any atom is -0.449 e. The van der Waals surface area contributed by atoms with Crippen molar-refractivity contribution in [1.82, 2.24) is 0 Å². The van der Waals surface area contributed by atoms with Gasteiger partial charge in [-0.25, -0.2) is 0 Å². The first-order valence-corrected chi connectivity index (χ1v) is 16.3. The predicted octanol–water partition coefficient (Wildman–Crippen LogP) is 13.2. The molecule has 10 rings (SSSR count). The van der Waals surface area contributed by atoms with Gasteiger partial charge in [-0.1, -0.05) is 158 Å². The van der Waals surface area contributed by atoms with E-state index in [2.05, 4.69) is 152 Å². The van der Waals surface area contributed by atoms with E-state index in [9.17, 15) is 0 Å². The second-order valence-corrected chi connectivity index (χ2v) is 12.4. The van der Waals surface area contributed by atoms with E-state index in [1.54, 1.807) is 0 Å². The summed E-state index contributed by atoms with van der Waals surface area (Å²) in [5.74, 6) is 2.98. The quantitative estimate of drug-likeness (QED) is 0.185. The van der Waals surface area contributed by atoms with Gasteiger partial charge < -0.3 is 9.47 Å². The molecule has 0 saturated carbocycles. The van der Waals surface area contributed by atoms with Crippen molar-refractivity contribution in [1.29, 1.82) is 0 Å². The van der Waals surface area contributed by atoms with Crippen LogP contribution in [0.25, 0.3) is 76.5 Å². The number of fused-ring (bicyclic) bond motifs is 8. The summed E-state index contributed by atoms with van der Waals surface area (Å²) in [6.45, 7) is 0. The molecule has 0 spiro atoms. The molecule has 0 aliphatic carbocycles. The van der Waals surface area contributed by atoms with Crippen molar-refractivity contribution in [3.8, 4) is 56.4 Å². The molecule has 2 heteroatoms. The van der Waals surface area contributed by atoms with E-state index in [0.717, 1.165) is 55.7 Å². The Hall–Kier alpha value is -6.38. The third-order valence-corrected chi connectivity index (χ3v) is 9.71. The predicted molar refractivity (Wildman–Crippen MR) is 199 cm³/mol. The molecule has 1 aliphatic rings. The maximum Gasteiger partial charge on any atom is 0.178 e. The Morgan fingerprint density at radius 1 is 0.292 bits per heavy atom. The molecule has 0 atom stereocenters. The summed E-state index contributed by atoms with van der Waals surface area (Å²) < 4.78 is 13.2. The topological polar surface area (TPSA) is 18.5 Å². The minimum atomic E-state index is 0.726. The number of hydrogen-bond acceptors (Lipinski definition) is 2. The van der Waals surface area contributed by atoms with Crippen molar-refractivity contribution in [3.63, 3.8) is 0 Å². The van der Waals surface area contributed by atoms with Gasteiger partial charge in [0.2, 0.25) is 0 Å². The Kier molecular flexibility index (Phi) is 5.91. The van der Waals surface area contributed by atoms with E-state index >= 15 is 0 Å². The van der Waals surface area contributed by atoms with Gasteiger partial charge in [0.15, 0.2) is 23.0 Å². The second-order valence-electron chi connectivity index (χ2n) is 12.4. The van der Waals surface area contributed by atoms with Gasteiger partial charge in [-0.15, -0.1) is 0 Å². The zero-order valence-electron chi connectivity index (χ0n) is 26.0. The number of ether oxygens (including phenoxy) is 2. The lowest BCUT2D eigenvalue weighted by Gasteiger charge is -2.24. The van der Waals surface area contributed by atoms with Gasteiger partial charge in [0.25, 0.3) is 0 Å². The molecule has 0 radical (unpaired) electrons. The summed E-state index contributed by atoms with van der Waals surface area (Å²) in [6, 6.07) is 60.3. The van der Waals surface area contributed by atoms with E-state index in [1.807, 2.05) is 18.2 Å². The maximum atomic E-state index is 6.67. The highest BCUT2D eigenvalue weighted by Gasteiger charge is 2.25. The molecule has 0 fully saturated rings. The second kappa shape index (κ2) is 10.6. The Bertz CT molecular complexity index is 2650. The van der Waals surface area contributed by atoms with Crippen LogP contribution < -0.4 is 9.47 Å². The first kappa shape index (κ1) is 26.8. The van der Waals surface area contributed by atoms with Gasteiger partial charge in [0.1, 0.15) is 0 Å². The summed E-state index contributed by atoms with van der Waals surface area (Å²) in [4.78, 5) is 0. The molecule has 0 saturated heterocycles. The van der Waals surface area contributed by atoms with Crippen molar-refractivity contribution < 1.29 is 9.47 Å². The van der Waals surface area contributed by atoms with Gasteiger partial charge in [0.05, 0.1) is 0 Å². The fraction of sp³-hybridized carbons (Fsp3) is 0. The molecule has 2 nitrogen and oxygen atoms in total. The van der Waals surface area contributed by atoms with E-state index in [1.165, 1.54) is 43.8 Å². The van der Waals surface area contributed by atoms with Gasteiger partial charge in [-0.2, -0.15) is 0 Å². The van der Waals surface area contributed by atoms with Crippen LogP contribution in [-0.2, 0) is 0 Å². The molecular weight excluding hydrogens is 585 g/mol. The highest BCUT2D eigenvalue weighted by Crippen LogP contribution is 2.53. The van der Waals surface area contributed by atoms with E-state index in [0.29, 0.717) is 0 Å². The number of rotatable bonds is 3. The Labute approximate surface area is 278 Å². The molecule has 0 bridgehead atoms. The Morgan fingerprint density at radius 3 is 1.42 bits per heavy atom. The lowest BCUT2D eigenvalue weighted by Crippen LogP contribution is -2.01. The third kappa shape index (κ3) is 4.06. The van der Waals surface area contributed by atoms with Crippen molar-refractivity contribution in [3.05, 3.63) is 170 Å².